The van der Waals surface area contributed by atoms with Gasteiger partial charge < -0.3 is 9.84 Å². The Labute approximate surface area is 179 Å². The minimum Gasteiger partial charge on any atom is -0.488 e. The average molecular weight is 428 g/mol. The van der Waals surface area contributed by atoms with Gasteiger partial charge in [0.05, 0.1) is 11.3 Å². The summed E-state index contributed by atoms with van der Waals surface area (Å²) >= 11 is 6.43. The summed E-state index contributed by atoms with van der Waals surface area (Å²) in [5.41, 5.74) is 3.94. The largest absolute Gasteiger partial charge is 0.488 e. The molecule has 3 rings (SSSR count). The molecule has 1 fully saturated rings. The first-order valence-electron chi connectivity index (χ1n) is 9.10. The molecule has 1 heterocycles. The first-order chi connectivity index (χ1) is 13.8. The highest BCUT2D eigenvalue weighted by atomic mass is 32.2. The number of hydrogen-bond donors (Lipinski definition) is 1. The maximum Gasteiger partial charge on any atom is 0.305 e. The Balaban J connectivity index is 1.75. The zero-order valence-corrected chi connectivity index (χ0v) is 17.8. The van der Waals surface area contributed by atoms with E-state index in [0.29, 0.717) is 15.8 Å². The predicted octanol–water partition coefficient (Wildman–Crippen LogP) is 4.56. The molecule has 29 heavy (non-hydrogen) atoms. The number of ether oxygens (including phenoxy) is 1. The Bertz CT molecular complexity index is 963. The van der Waals surface area contributed by atoms with E-state index < -0.39 is 5.97 Å². The van der Waals surface area contributed by atoms with Crippen molar-refractivity contribution in [2.75, 3.05) is 6.54 Å². The van der Waals surface area contributed by atoms with Crippen molar-refractivity contribution < 1.29 is 19.4 Å². The van der Waals surface area contributed by atoms with Crippen molar-refractivity contribution in [3.05, 3.63) is 69.6 Å². The Morgan fingerprint density at radius 1 is 1.21 bits per heavy atom. The topological polar surface area (TPSA) is 66.8 Å². The molecule has 0 aliphatic carbocycles. The average Bonchev–Trinajstić information content (AvgIpc) is 2.93. The SMILES string of the molecule is Cc1cc(/C=C2\SC(=S)N(CCC(=O)O)C2=O)cc(C)c1OCc1ccccc1. The van der Waals surface area contributed by atoms with Gasteiger partial charge in [0.25, 0.3) is 5.91 Å². The Morgan fingerprint density at radius 2 is 1.86 bits per heavy atom. The lowest BCUT2D eigenvalue weighted by atomic mass is 10.0. The summed E-state index contributed by atoms with van der Waals surface area (Å²) in [5.74, 6) is -0.374. The van der Waals surface area contributed by atoms with Crippen LogP contribution in [-0.2, 0) is 16.2 Å². The second-order valence-corrected chi connectivity index (χ2v) is 8.41. The standard InChI is InChI=1S/C22H21NO4S2/c1-14-10-17(11-15(2)20(14)27-13-16-6-4-3-5-7-16)12-18-21(26)23(22(28)29-18)9-8-19(24)25/h3-7,10-12H,8-9,13H2,1-2H3,(H,24,25)/b18-12-. The van der Waals surface area contributed by atoms with Gasteiger partial charge in [-0.25, -0.2) is 0 Å². The number of carbonyl (C=O) groups is 2. The van der Waals surface area contributed by atoms with Gasteiger partial charge in [-0.3, -0.25) is 14.5 Å². The van der Waals surface area contributed by atoms with E-state index in [4.69, 9.17) is 22.1 Å². The molecule has 1 N–H and O–H groups in total. The van der Waals surface area contributed by atoms with Crippen molar-refractivity contribution in [3.8, 4) is 5.75 Å². The van der Waals surface area contributed by atoms with E-state index in [9.17, 15) is 9.59 Å². The van der Waals surface area contributed by atoms with Crippen LogP contribution in [-0.4, -0.2) is 32.7 Å². The number of nitrogens with zero attached hydrogens (tertiary/aromatic N) is 1. The van der Waals surface area contributed by atoms with Gasteiger partial charge in [-0.2, -0.15) is 0 Å². The van der Waals surface area contributed by atoms with Gasteiger partial charge in [-0.1, -0.05) is 54.3 Å². The molecule has 0 atom stereocenters. The maximum atomic E-state index is 12.6. The molecule has 2 aromatic carbocycles. The summed E-state index contributed by atoms with van der Waals surface area (Å²) in [6.45, 7) is 4.53. The van der Waals surface area contributed by atoms with Crippen LogP contribution in [0.2, 0.25) is 0 Å². The summed E-state index contributed by atoms with van der Waals surface area (Å²) in [6, 6.07) is 13.9. The number of hydrogen-bond acceptors (Lipinski definition) is 5. The Kier molecular flexibility index (Phi) is 6.71. The lowest BCUT2D eigenvalue weighted by molar-refractivity contribution is -0.137. The lowest BCUT2D eigenvalue weighted by Crippen LogP contribution is -2.30. The number of thioether (sulfide) groups is 1. The lowest BCUT2D eigenvalue weighted by Gasteiger charge is -2.14. The van der Waals surface area contributed by atoms with Gasteiger partial charge in [-0.15, -0.1) is 0 Å². The molecule has 0 saturated carbocycles. The number of carbonyl (C=O) groups excluding carboxylic acids is 1. The van der Waals surface area contributed by atoms with Crippen LogP contribution in [0.5, 0.6) is 5.75 Å². The summed E-state index contributed by atoms with van der Waals surface area (Å²) < 4.78 is 6.40. The van der Waals surface area contributed by atoms with Crippen molar-refractivity contribution in [1.29, 1.82) is 0 Å². The molecular weight excluding hydrogens is 406 g/mol. The van der Waals surface area contributed by atoms with Crippen LogP contribution in [0.3, 0.4) is 0 Å². The number of aliphatic carboxylic acids is 1. The van der Waals surface area contributed by atoms with Gasteiger partial charge in [0.15, 0.2) is 0 Å². The monoisotopic (exact) mass is 427 g/mol. The summed E-state index contributed by atoms with van der Waals surface area (Å²) in [5, 5.41) is 8.84. The molecule has 1 saturated heterocycles. The molecule has 0 unspecified atom stereocenters. The zero-order chi connectivity index (χ0) is 21.0. The highest BCUT2D eigenvalue weighted by Gasteiger charge is 2.32. The van der Waals surface area contributed by atoms with Crippen LogP contribution in [0.4, 0.5) is 0 Å². The molecule has 1 amide bonds. The zero-order valence-electron chi connectivity index (χ0n) is 16.2. The van der Waals surface area contributed by atoms with E-state index >= 15 is 0 Å². The van der Waals surface area contributed by atoms with Gasteiger partial charge in [0.2, 0.25) is 0 Å². The third-order valence-corrected chi connectivity index (χ3v) is 5.81. The van der Waals surface area contributed by atoms with Crippen LogP contribution in [0, 0.1) is 13.8 Å². The smallest absolute Gasteiger partial charge is 0.305 e. The quantitative estimate of drug-likeness (QED) is 0.516. The van der Waals surface area contributed by atoms with Crippen molar-refractivity contribution in [3.63, 3.8) is 0 Å². The van der Waals surface area contributed by atoms with Crippen molar-refractivity contribution in [2.45, 2.75) is 26.9 Å². The van der Waals surface area contributed by atoms with Crippen LogP contribution in [0.25, 0.3) is 6.08 Å². The second-order valence-electron chi connectivity index (χ2n) is 6.74. The second kappa shape index (κ2) is 9.24. The highest BCUT2D eigenvalue weighted by Crippen LogP contribution is 2.34. The van der Waals surface area contributed by atoms with E-state index in [1.165, 1.54) is 16.7 Å². The number of aryl methyl sites for hydroxylation is 2. The fraction of sp³-hybridized carbons (Fsp3) is 0.227. The molecule has 0 radical (unpaired) electrons. The fourth-order valence-electron chi connectivity index (χ4n) is 3.08. The van der Waals surface area contributed by atoms with Gasteiger partial charge in [0, 0.05) is 6.54 Å². The first-order valence-corrected chi connectivity index (χ1v) is 10.3. The number of amides is 1. The van der Waals surface area contributed by atoms with Gasteiger partial charge in [0.1, 0.15) is 16.7 Å². The van der Waals surface area contributed by atoms with Crippen molar-refractivity contribution in [2.24, 2.45) is 0 Å². The van der Waals surface area contributed by atoms with Crippen molar-refractivity contribution in [1.82, 2.24) is 4.90 Å². The van der Waals surface area contributed by atoms with Crippen LogP contribution in [0.1, 0.15) is 28.7 Å². The molecule has 2 aromatic rings. The number of thiocarbonyl (C=S) groups is 1. The molecule has 5 nitrogen and oxygen atoms in total. The van der Waals surface area contributed by atoms with E-state index in [-0.39, 0.29) is 18.9 Å². The molecule has 7 heteroatoms. The van der Waals surface area contributed by atoms with Gasteiger partial charge >= 0.3 is 5.97 Å². The Morgan fingerprint density at radius 3 is 2.48 bits per heavy atom. The number of carboxylic acid groups (broad SMARTS) is 1. The normalized spacial score (nSPS) is 15.2. The van der Waals surface area contributed by atoms with E-state index in [0.717, 1.165) is 28.0 Å². The fourth-order valence-corrected chi connectivity index (χ4v) is 4.38. The highest BCUT2D eigenvalue weighted by molar-refractivity contribution is 8.26. The minimum absolute atomic E-state index is 0.0850. The Hall–Kier alpha value is -2.64. The number of carboxylic acids is 1. The van der Waals surface area contributed by atoms with E-state index in [1.807, 2.05) is 56.3 Å². The maximum absolute atomic E-state index is 12.6. The van der Waals surface area contributed by atoms with Crippen LogP contribution >= 0.6 is 24.0 Å². The number of benzene rings is 2. The van der Waals surface area contributed by atoms with E-state index in [1.54, 1.807) is 6.08 Å². The molecule has 0 aromatic heterocycles. The number of rotatable bonds is 7. The van der Waals surface area contributed by atoms with Crippen LogP contribution in [0.15, 0.2) is 47.4 Å². The van der Waals surface area contributed by atoms with Gasteiger partial charge in [-0.05, 0) is 54.3 Å². The molecule has 1 aliphatic rings. The molecule has 0 bridgehead atoms. The summed E-state index contributed by atoms with van der Waals surface area (Å²) in [4.78, 5) is 25.2. The third kappa shape index (κ3) is 5.25. The molecule has 1 aliphatic heterocycles. The molecule has 0 spiro atoms. The minimum atomic E-state index is -0.958. The molecular formula is C22H21NO4S2. The third-order valence-electron chi connectivity index (χ3n) is 4.43. The van der Waals surface area contributed by atoms with E-state index in [2.05, 4.69) is 0 Å². The van der Waals surface area contributed by atoms with Crippen LogP contribution < -0.4 is 4.74 Å². The predicted molar refractivity (Wildman–Crippen MR) is 119 cm³/mol. The summed E-state index contributed by atoms with van der Waals surface area (Å²) in [6.07, 6.45) is 1.66. The molecule has 150 valence electrons. The van der Waals surface area contributed by atoms with Crippen molar-refractivity contribution >= 4 is 46.3 Å². The first kappa shape index (κ1) is 21.1. The summed E-state index contributed by atoms with van der Waals surface area (Å²) in [7, 11) is 0.